The van der Waals surface area contributed by atoms with Gasteiger partial charge >= 0.3 is 5.97 Å². The summed E-state index contributed by atoms with van der Waals surface area (Å²) >= 11 is 0. The van der Waals surface area contributed by atoms with Crippen molar-refractivity contribution in [2.24, 2.45) is 11.7 Å². The largest absolute Gasteiger partial charge is 0.480 e. The smallest absolute Gasteiger partial charge is 0.326 e. The average molecular weight is 548 g/mol. The van der Waals surface area contributed by atoms with Crippen molar-refractivity contribution in [3.05, 3.63) is 71.9 Å². The fraction of sp³-hybridized carbons (Fsp3) is 0.400. The molecule has 1 aliphatic rings. The first kappa shape index (κ1) is 28.8. The van der Waals surface area contributed by atoms with Gasteiger partial charge in [0.1, 0.15) is 18.1 Å². The standard InChI is InChI=1S/C30H37N5O5/c1-18(2)26(31)29(38)35-14-8-13-25(35)28(37)33-23(16-20-17-32-22-12-7-6-11-21(20)22)27(36)34-24(30(39)40)15-19-9-4-3-5-10-19/h3-7,9-12,17-18,23-26,32H,8,13-16,31H2,1-2H3,(H,33,37)(H,34,36)(H,39,40). The zero-order valence-electron chi connectivity index (χ0n) is 22.8. The number of para-hydroxylation sites is 1. The minimum atomic E-state index is -1.19. The third-order valence-corrected chi connectivity index (χ3v) is 7.47. The van der Waals surface area contributed by atoms with Gasteiger partial charge in [-0.2, -0.15) is 0 Å². The monoisotopic (exact) mass is 547 g/mol. The van der Waals surface area contributed by atoms with Gasteiger partial charge in [-0.05, 0) is 36.0 Å². The van der Waals surface area contributed by atoms with Crippen LogP contribution in [-0.4, -0.2) is 69.4 Å². The van der Waals surface area contributed by atoms with Crippen LogP contribution in [0.25, 0.3) is 10.9 Å². The molecule has 1 aromatic heterocycles. The number of hydrogen-bond acceptors (Lipinski definition) is 5. The number of nitrogens with one attached hydrogen (secondary N) is 3. The first-order chi connectivity index (χ1) is 19.2. The molecule has 3 amide bonds. The lowest BCUT2D eigenvalue weighted by molar-refractivity contribution is -0.143. The van der Waals surface area contributed by atoms with Crippen molar-refractivity contribution < 1.29 is 24.3 Å². The highest BCUT2D eigenvalue weighted by Gasteiger charge is 2.38. The van der Waals surface area contributed by atoms with Crippen LogP contribution in [0.15, 0.2) is 60.8 Å². The molecule has 4 unspecified atom stereocenters. The van der Waals surface area contributed by atoms with E-state index in [4.69, 9.17) is 5.73 Å². The zero-order valence-corrected chi connectivity index (χ0v) is 22.8. The molecule has 3 aromatic rings. The molecule has 212 valence electrons. The maximum atomic E-state index is 13.6. The molecule has 1 fully saturated rings. The van der Waals surface area contributed by atoms with E-state index in [0.717, 1.165) is 22.0 Å². The Bertz CT molecular complexity index is 1350. The topological polar surface area (TPSA) is 158 Å². The molecule has 0 bridgehead atoms. The summed E-state index contributed by atoms with van der Waals surface area (Å²) in [5.74, 6) is -2.63. The van der Waals surface area contributed by atoms with E-state index in [1.165, 1.54) is 4.90 Å². The van der Waals surface area contributed by atoms with Gasteiger partial charge in [-0.1, -0.05) is 62.4 Å². The number of fused-ring (bicyclic) bond motifs is 1. The highest BCUT2D eigenvalue weighted by molar-refractivity contribution is 5.95. The number of carboxylic acid groups (broad SMARTS) is 1. The Morgan fingerprint density at radius 3 is 2.40 bits per heavy atom. The van der Waals surface area contributed by atoms with Gasteiger partial charge in [0, 0.05) is 36.5 Å². The minimum absolute atomic E-state index is 0.0882. The summed E-state index contributed by atoms with van der Waals surface area (Å²) in [5, 5.41) is 16.2. The van der Waals surface area contributed by atoms with E-state index in [2.05, 4.69) is 15.6 Å². The maximum Gasteiger partial charge on any atom is 0.326 e. The van der Waals surface area contributed by atoms with Crippen molar-refractivity contribution in [3.8, 4) is 0 Å². The molecule has 10 heteroatoms. The van der Waals surface area contributed by atoms with Gasteiger partial charge in [-0.25, -0.2) is 4.79 Å². The van der Waals surface area contributed by atoms with E-state index < -0.39 is 42.0 Å². The number of aromatic amines is 1. The van der Waals surface area contributed by atoms with Crippen molar-refractivity contribution in [1.29, 1.82) is 0 Å². The number of aliphatic carboxylic acids is 1. The summed E-state index contributed by atoms with van der Waals surface area (Å²) in [6.07, 6.45) is 3.10. The number of likely N-dealkylation sites (tertiary alicyclic amines) is 1. The Morgan fingerprint density at radius 1 is 1.00 bits per heavy atom. The van der Waals surface area contributed by atoms with Gasteiger partial charge in [0.2, 0.25) is 17.7 Å². The van der Waals surface area contributed by atoms with Crippen molar-refractivity contribution >= 4 is 34.6 Å². The highest BCUT2D eigenvalue weighted by atomic mass is 16.4. The molecule has 0 spiro atoms. The molecule has 2 heterocycles. The quantitative estimate of drug-likeness (QED) is 0.247. The summed E-state index contributed by atoms with van der Waals surface area (Å²) in [4.78, 5) is 56.8. The molecule has 10 nitrogen and oxygen atoms in total. The van der Waals surface area contributed by atoms with E-state index >= 15 is 0 Å². The number of nitrogens with zero attached hydrogens (tertiary/aromatic N) is 1. The molecule has 2 aromatic carbocycles. The molecule has 0 saturated carbocycles. The van der Waals surface area contributed by atoms with Crippen LogP contribution in [0.3, 0.4) is 0 Å². The first-order valence-corrected chi connectivity index (χ1v) is 13.6. The second-order valence-corrected chi connectivity index (χ2v) is 10.7. The first-order valence-electron chi connectivity index (χ1n) is 13.6. The van der Waals surface area contributed by atoms with Gasteiger partial charge in [-0.15, -0.1) is 0 Å². The predicted octanol–water partition coefficient (Wildman–Crippen LogP) is 1.98. The molecule has 4 rings (SSSR count). The zero-order chi connectivity index (χ0) is 28.8. The Balaban J connectivity index is 1.56. The van der Waals surface area contributed by atoms with E-state index in [9.17, 15) is 24.3 Å². The summed E-state index contributed by atoms with van der Waals surface area (Å²) in [5.41, 5.74) is 8.53. The lowest BCUT2D eigenvalue weighted by Gasteiger charge is -2.29. The fourth-order valence-electron chi connectivity index (χ4n) is 5.10. The van der Waals surface area contributed by atoms with Crippen LogP contribution in [0.2, 0.25) is 0 Å². The van der Waals surface area contributed by atoms with Crippen LogP contribution in [0.1, 0.15) is 37.8 Å². The molecular weight excluding hydrogens is 510 g/mol. The van der Waals surface area contributed by atoms with E-state index in [0.29, 0.717) is 19.4 Å². The second-order valence-electron chi connectivity index (χ2n) is 10.7. The molecule has 4 atom stereocenters. The Morgan fingerprint density at radius 2 is 1.70 bits per heavy atom. The lowest BCUT2D eigenvalue weighted by Crippen LogP contribution is -2.57. The van der Waals surface area contributed by atoms with Crippen LogP contribution in [-0.2, 0) is 32.0 Å². The Labute approximate surface area is 233 Å². The second kappa shape index (κ2) is 12.8. The average Bonchev–Trinajstić information content (AvgIpc) is 3.59. The van der Waals surface area contributed by atoms with Crippen molar-refractivity contribution in [2.45, 2.75) is 63.7 Å². The summed E-state index contributed by atoms with van der Waals surface area (Å²) in [6.45, 7) is 4.11. The molecule has 6 N–H and O–H groups in total. The summed E-state index contributed by atoms with van der Waals surface area (Å²) < 4.78 is 0. The van der Waals surface area contributed by atoms with Crippen LogP contribution >= 0.6 is 0 Å². The minimum Gasteiger partial charge on any atom is -0.480 e. The number of hydrogen-bond donors (Lipinski definition) is 5. The van der Waals surface area contributed by atoms with Gasteiger partial charge in [0.05, 0.1) is 6.04 Å². The van der Waals surface area contributed by atoms with Crippen LogP contribution < -0.4 is 16.4 Å². The van der Waals surface area contributed by atoms with Crippen molar-refractivity contribution in [1.82, 2.24) is 20.5 Å². The van der Waals surface area contributed by atoms with Gasteiger partial charge in [0.25, 0.3) is 0 Å². The molecule has 0 aliphatic carbocycles. The molecule has 1 aliphatic heterocycles. The number of carbonyl (C=O) groups excluding carboxylic acids is 3. The number of carbonyl (C=O) groups is 4. The van der Waals surface area contributed by atoms with Crippen LogP contribution in [0.5, 0.6) is 0 Å². The van der Waals surface area contributed by atoms with E-state index in [1.807, 2.05) is 44.2 Å². The van der Waals surface area contributed by atoms with E-state index in [-0.39, 0.29) is 24.7 Å². The number of benzene rings is 2. The maximum absolute atomic E-state index is 13.6. The summed E-state index contributed by atoms with van der Waals surface area (Å²) in [6, 6.07) is 12.9. The lowest BCUT2D eigenvalue weighted by atomic mass is 10.0. The Kier molecular flexibility index (Phi) is 9.21. The van der Waals surface area contributed by atoms with Crippen LogP contribution in [0.4, 0.5) is 0 Å². The SMILES string of the molecule is CC(C)C(N)C(=O)N1CCCC1C(=O)NC(Cc1c[nH]c2ccccc12)C(=O)NC(Cc1ccccc1)C(=O)O. The number of carboxylic acids is 1. The van der Waals surface area contributed by atoms with Crippen molar-refractivity contribution in [2.75, 3.05) is 6.54 Å². The number of rotatable bonds is 11. The summed E-state index contributed by atoms with van der Waals surface area (Å²) in [7, 11) is 0. The third-order valence-electron chi connectivity index (χ3n) is 7.47. The molecule has 0 radical (unpaired) electrons. The number of nitrogens with two attached hydrogens (primary N) is 1. The Hall–Kier alpha value is -4.18. The molecule has 40 heavy (non-hydrogen) atoms. The van der Waals surface area contributed by atoms with E-state index in [1.54, 1.807) is 30.5 Å². The highest BCUT2D eigenvalue weighted by Crippen LogP contribution is 2.22. The fourth-order valence-corrected chi connectivity index (χ4v) is 5.10. The number of aromatic nitrogens is 1. The normalized spacial score (nSPS) is 17.4. The number of H-pyrrole nitrogens is 1. The predicted molar refractivity (Wildman–Crippen MR) is 151 cm³/mol. The number of amides is 3. The molecular formula is C30H37N5O5. The van der Waals surface area contributed by atoms with Gasteiger partial charge in [-0.3, -0.25) is 14.4 Å². The van der Waals surface area contributed by atoms with Crippen molar-refractivity contribution in [3.63, 3.8) is 0 Å². The van der Waals surface area contributed by atoms with Crippen LogP contribution in [0, 0.1) is 5.92 Å². The molecule has 1 saturated heterocycles. The van der Waals surface area contributed by atoms with Gasteiger partial charge < -0.3 is 31.4 Å². The van der Waals surface area contributed by atoms with Gasteiger partial charge in [0.15, 0.2) is 0 Å². The third kappa shape index (κ3) is 6.69.